The topological polar surface area (TPSA) is 98.0 Å². The van der Waals surface area contributed by atoms with Gasteiger partial charge in [-0.3, -0.25) is 4.79 Å². The zero-order valence-corrected chi connectivity index (χ0v) is 16.7. The Morgan fingerprint density at radius 1 is 1.07 bits per heavy atom. The van der Waals surface area contributed by atoms with Gasteiger partial charge in [0.1, 0.15) is 0 Å². The number of aliphatic hydroxyl groups excluding tert-OH is 3. The molecule has 5 atom stereocenters. The van der Waals surface area contributed by atoms with Crippen molar-refractivity contribution in [3.63, 3.8) is 0 Å². The van der Waals surface area contributed by atoms with Gasteiger partial charge in [0.15, 0.2) is 0 Å². The molecule has 1 rings (SSSR count). The van der Waals surface area contributed by atoms with E-state index in [2.05, 4.69) is 19.1 Å². The lowest BCUT2D eigenvalue weighted by molar-refractivity contribution is -0.137. The van der Waals surface area contributed by atoms with E-state index < -0.39 is 24.3 Å². The molecule has 1 fully saturated rings. The molecule has 1 aliphatic carbocycles. The number of carboxylic acid groups (broad SMARTS) is 1. The van der Waals surface area contributed by atoms with E-state index in [0.29, 0.717) is 19.3 Å². The molecule has 1 saturated carbocycles. The average molecular weight is 383 g/mol. The minimum absolute atomic E-state index is 0.0256. The van der Waals surface area contributed by atoms with E-state index in [1.54, 1.807) is 6.08 Å². The third-order valence-electron chi connectivity index (χ3n) is 5.41. The Hall–Kier alpha value is -1.17. The summed E-state index contributed by atoms with van der Waals surface area (Å²) in [6.07, 6.45) is 15.0. The highest BCUT2D eigenvalue weighted by Gasteiger charge is 2.39. The van der Waals surface area contributed by atoms with Crippen LogP contribution in [0.3, 0.4) is 0 Å². The smallest absolute Gasteiger partial charge is 0.303 e. The monoisotopic (exact) mass is 382 g/mol. The van der Waals surface area contributed by atoms with Crippen molar-refractivity contribution in [2.24, 2.45) is 11.8 Å². The number of carboxylic acids is 1. The van der Waals surface area contributed by atoms with Crippen molar-refractivity contribution in [1.82, 2.24) is 0 Å². The Balaban J connectivity index is 2.37. The first kappa shape index (κ1) is 23.9. The first-order valence-electron chi connectivity index (χ1n) is 10.5. The number of hydrogen-bond donors (Lipinski definition) is 4. The highest BCUT2D eigenvalue weighted by Crippen LogP contribution is 2.36. The predicted molar refractivity (Wildman–Crippen MR) is 107 cm³/mol. The Bertz CT molecular complexity index is 460. The minimum atomic E-state index is -0.742. The molecule has 0 heterocycles. The summed E-state index contributed by atoms with van der Waals surface area (Å²) >= 11 is 0. The fourth-order valence-corrected chi connectivity index (χ4v) is 3.75. The van der Waals surface area contributed by atoms with Crippen LogP contribution >= 0.6 is 0 Å². The van der Waals surface area contributed by atoms with Crippen LogP contribution in [0.1, 0.15) is 77.6 Å². The molecule has 156 valence electrons. The zero-order chi connectivity index (χ0) is 20.1. The minimum Gasteiger partial charge on any atom is -0.481 e. The van der Waals surface area contributed by atoms with E-state index >= 15 is 0 Å². The summed E-state index contributed by atoms with van der Waals surface area (Å²) in [6.45, 7) is 2.13. The number of aliphatic carboxylic acids is 1. The van der Waals surface area contributed by atoms with Crippen LogP contribution in [0.4, 0.5) is 0 Å². The van der Waals surface area contributed by atoms with Gasteiger partial charge in [-0.25, -0.2) is 0 Å². The molecule has 0 bridgehead atoms. The summed E-state index contributed by atoms with van der Waals surface area (Å²) in [6, 6.07) is 0. The van der Waals surface area contributed by atoms with Crippen LogP contribution < -0.4 is 0 Å². The van der Waals surface area contributed by atoms with Crippen LogP contribution in [0.15, 0.2) is 24.3 Å². The highest BCUT2D eigenvalue weighted by molar-refractivity contribution is 5.66. The molecule has 0 spiro atoms. The number of allylic oxidation sites excluding steroid dienone is 2. The van der Waals surface area contributed by atoms with Crippen molar-refractivity contribution >= 4 is 5.97 Å². The number of carbonyl (C=O) groups is 1. The fraction of sp³-hybridized carbons (Fsp3) is 0.773. The lowest BCUT2D eigenvalue weighted by Crippen LogP contribution is -2.20. The van der Waals surface area contributed by atoms with Gasteiger partial charge in [0.25, 0.3) is 0 Å². The lowest BCUT2D eigenvalue weighted by atomic mass is 9.89. The Morgan fingerprint density at radius 3 is 2.56 bits per heavy atom. The highest BCUT2D eigenvalue weighted by atomic mass is 16.4. The van der Waals surface area contributed by atoms with Gasteiger partial charge >= 0.3 is 5.97 Å². The number of aliphatic hydroxyl groups is 3. The van der Waals surface area contributed by atoms with Gasteiger partial charge in [-0.1, -0.05) is 56.9 Å². The van der Waals surface area contributed by atoms with Crippen LogP contribution in [0.25, 0.3) is 0 Å². The first-order chi connectivity index (χ1) is 13.0. The van der Waals surface area contributed by atoms with Crippen LogP contribution in [-0.4, -0.2) is 44.7 Å². The van der Waals surface area contributed by atoms with Crippen LogP contribution in [0.5, 0.6) is 0 Å². The van der Waals surface area contributed by atoms with E-state index in [9.17, 15) is 20.1 Å². The molecule has 0 unspecified atom stereocenters. The van der Waals surface area contributed by atoms with E-state index in [4.69, 9.17) is 5.11 Å². The van der Waals surface area contributed by atoms with Crippen molar-refractivity contribution in [2.75, 3.05) is 0 Å². The molecule has 1 aliphatic rings. The normalized spacial score (nSPS) is 27.0. The van der Waals surface area contributed by atoms with Gasteiger partial charge in [0.05, 0.1) is 18.3 Å². The maximum atomic E-state index is 10.5. The summed E-state index contributed by atoms with van der Waals surface area (Å²) < 4.78 is 0. The van der Waals surface area contributed by atoms with Crippen molar-refractivity contribution < 1.29 is 25.2 Å². The molecule has 5 heteroatoms. The van der Waals surface area contributed by atoms with Gasteiger partial charge < -0.3 is 20.4 Å². The lowest BCUT2D eigenvalue weighted by Gasteiger charge is -2.19. The molecule has 0 amide bonds. The van der Waals surface area contributed by atoms with Gasteiger partial charge in [0, 0.05) is 18.8 Å². The average Bonchev–Trinajstić information content (AvgIpc) is 2.88. The van der Waals surface area contributed by atoms with Crippen molar-refractivity contribution in [2.45, 2.75) is 95.9 Å². The Morgan fingerprint density at radius 2 is 1.85 bits per heavy atom. The van der Waals surface area contributed by atoms with Crippen LogP contribution in [0, 0.1) is 11.8 Å². The Labute approximate surface area is 163 Å². The Kier molecular flexibility index (Phi) is 12.3. The van der Waals surface area contributed by atoms with E-state index in [1.165, 1.54) is 0 Å². The fourth-order valence-electron chi connectivity index (χ4n) is 3.75. The third-order valence-corrected chi connectivity index (χ3v) is 5.41. The summed E-state index contributed by atoms with van der Waals surface area (Å²) in [7, 11) is 0. The molecular weight excluding hydrogens is 344 g/mol. The molecular formula is C22H38O5. The number of hydrogen-bond acceptors (Lipinski definition) is 4. The standard InChI is InChI=1S/C22H38O5/c1-2-3-8-11-17(23)14-15-19-18(20(24)16-21(19)25)12-9-6-4-5-7-10-13-22(26)27/h6,9,14-15,17-21,23-25H,2-5,7-8,10-13,16H2,1H3,(H,26,27)/b9-6-,15-14+/t17-,18+,19+,20+,21-/m1/s1. The summed E-state index contributed by atoms with van der Waals surface area (Å²) in [5.74, 6) is -0.891. The molecule has 0 saturated heterocycles. The summed E-state index contributed by atoms with van der Waals surface area (Å²) in [5.41, 5.74) is 0. The van der Waals surface area contributed by atoms with Crippen LogP contribution in [0.2, 0.25) is 0 Å². The van der Waals surface area contributed by atoms with Crippen molar-refractivity contribution in [1.29, 1.82) is 0 Å². The van der Waals surface area contributed by atoms with Crippen molar-refractivity contribution in [3.05, 3.63) is 24.3 Å². The van der Waals surface area contributed by atoms with Gasteiger partial charge in [-0.15, -0.1) is 0 Å². The molecule has 0 radical (unpaired) electrons. The van der Waals surface area contributed by atoms with E-state index in [-0.39, 0.29) is 18.3 Å². The quantitative estimate of drug-likeness (QED) is 0.270. The zero-order valence-electron chi connectivity index (χ0n) is 16.7. The molecule has 0 aromatic carbocycles. The van der Waals surface area contributed by atoms with Gasteiger partial charge in [0.2, 0.25) is 0 Å². The maximum absolute atomic E-state index is 10.5. The first-order valence-corrected chi connectivity index (χ1v) is 10.5. The number of unbranched alkanes of at least 4 members (excludes halogenated alkanes) is 5. The molecule has 27 heavy (non-hydrogen) atoms. The molecule has 4 N–H and O–H groups in total. The van der Waals surface area contributed by atoms with Gasteiger partial charge in [-0.2, -0.15) is 0 Å². The molecule has 0 aliphatic heterocycles. The predicted octanol–water partition coefficient (Wildman–Crippen LogP) is 3.82. The molecule has 0 aromatic heterocycles. The van der Waals surface area contributed by atoms with Crippen molar-refractivity contribution in [3.8, 4) is 0 Å². The summed E-state index contributed by atoms with van der Waals surface area (Å²) in [4.78, 5) is 10.5. The SMILES string of the molecule is CCCCC[C@@H](O)/C=C/[C@H]1[C@H](C/C=C\CCCCCC(=O)O)[C@@H](O)C[C@H]1O. The largest absolute Gasteiger partial charge is 0.481 e. The second kappa shape index (κ2) is 13.9. The van der Waals surface area contributed by atoms with E-state index in [0.717, 1.165) is 44.9 Å². The molecule has 5 nitrogen and oxygen atoms in total. The van der Waals surface area contributed by atoms with Gasteiger partial charge in [-0.05, 0) is 38.0 Å². The third kappa shape index (κ3) is 10.1. The maximum Gasteiger partial charge on any atom is 0.303 e. The van der Waals surface area contributed by atoms with Crippen LogP contribution in [-0.2, 0) is 4.79 Å². The number of rotatable bonds is 14. The second-order valence-corrected chi connectivity index (χ2v) is 7.76. The second-order valence-electron chi connectivity index (χ2n) is 7.76. The summed E-state index contributed by atoms with van der Waals surface area (Å²) in [5, 5.41) is 39.1. The van der Waals surface area contributed by atoms with E-state index in [1.807, 2.05) is 6.08 Å². The molecule has 0 aromatic rings.